The molecule has 0 unspecified atom stereocenters. The van der Waals surface area contributed by atoms with E-state index in [9.17, 15) is 4.79 Å². The van der Waals surface area contributed by atoms with Crippen LogP contribution in [-0.2, 0) is 18.4 Å². The molecule has 0 aliphatic rings. The zero-order valence-electron chi connectivity index (χ0n) is 13.9. The number of carbonyl (C=O) groups excluding carboxylic acids is 1. The number of aromatic nitrogens is 2. The van der Waals surface area contributed by atoms with Gasteiger partial charge in [-0.2, -0.15) is 5.10 Å². The molecule has 2 aromatic rings. The van der Waals surface area contributed by atoms with Gasteiger partial charge in [-0.15, -0.1) is 0 Å². The first-order valence-electron chi connectivity index (χ1n) is 7.38. The smallest absolute Gasteiger partial charge is 0.242 e. The lowest BCUT2D eigenvalue weighted by molar-refractivity contribution is -0.126. The second-order valence-corrected chi connectivity index (χ2v) is 5.90. The normalized spacial score (nSPS) is 12.5. The molecular weight excluding hydrogens is 276 g/mol. The number of rotatable bonds is 5. The lowest BCUT2D eigenvalue weighted by Crippen LogP contribution is -2.37. The zero-order valence-corrected chi connectivity index (χ0v) is 13.9. The van der Waals surface area contributed by atoms with Crippen LogP contribution in [0.25, 0.3) is 0 Å². The van der Waals surface area contributed by atoms with Crippen LogP contribution < -0.4 is 5.32 Å². The SMILES string of the molecule is Cc1ccc([C@@H](C(=O)NCc2cc(C)nn2C)N(C)C)cc1. The Kier molecular flexibility index (Phi) is 4.98. The van der Waals surface area contributed by atoms with E-state index < -0.39 is 0 Å². The highest BCUT2D eigenvalue weighted by Crippen LogP contribution is 2.19. The van der Waals surface area contributed by atoms with Gasteiger partial charge in [0.15, 0.2) is 0 Å². The van der Waals surface area contributed by atoms with Gasteiger partial charge in [-0.1, -0.05) is 29.8 Å². The van der Waals surface area contributed by atoms with Crippen molar-refractivity contribution in [3.63, 3.8) is 0 Å². The Labute approximate surface area is 131 Å². The van der Waals surface area contributed by atoms with Crippen LogP contribution in [0.3, 0.4) is 0 Å². The highest BCUT2D eigenvalue weighted by Gasteiger charge is 2.22. The van der Waals surface area contributed by atoms with E-state index in [1.807, 2.05) is 70.2 Å². The molecule has 1 atom stereocenters. The monoisotopic (exact) mass is 300 g/mol. The summed E-state index contributed by atoms with van der Waals surface area (Å²) in [6, 6.07) is 9.76. The summed E-state index contributed by atoms with van der Waals surface area (Å²) < 4.78 is 1.80. The third-order valence-electron chi connectivity index (χ3n) is 3.70. The fourth-order valence-electron chi connectivity index (χ4n) is 2.54. The van der Waals surface area contributed by atoms with E-state index in [-0.39, 0.29) is 11.9 Å². The fraction of sp³-hybridized carbons (Fsp3) is 0.412. The summed E-state index contributed by atoms with van der Waals surface area (Å²) in [5.41, 5.74) is 4.13. The molecule has 0 aliphatic carbocycles. The first-order valence-corrected chi connectivity index (χ1v) is 7.38. The molecule has 22 heavy (non-hydrogen) atoms. The Hall–Kier alpha value is -2.14. The van der Waals surface area contributed by atoms with E-state index >= 15 is 0 Å². The Bertz CT molecular complexity index is 643. The minimum Gasteiger partial charge on any atom is -0.349 e. The molecule has 0 saturated carbocycles. The maximum Gasteiger partial charge on any atom is 0.242 e. The Morgan fingerprint density at radius 1 is 1.27 bits per heavy atom. The van der Waals surface area contributed by atoms with Gasteiger partial charge in [-0.25, -0.2) is 0 Å². The second-order valence-electron chi connectivity index (χ2n) is 5.90. The van der Waals surface area contributed by atoms with E-state index in [1.165, 1.54) is 5.56 Å². The molecule has 0 spiro atoms. The van der Waals surface area contributed by atoms with Crippen molar-refractivity contribution in [2.24, 2.45) is 7.05 Å². The molecule has 2 rings (SSSR count). The molecule has 1 N–H and O–H groups in total. The van der Waals surface area contributed by atoms with Crippen LogP contribution in [0.15, 0.2) is 30.3 Å². The average Bonchev–Trinajstić information content (AvgIpc) is 2.77. The van der Waals surface area contributed by atoms with Crippen LogP contribution in [0.1, 0.15) is 28.6 Å². The maximum absolute atomic E-state index is 12.6. The Morgan fingerprint density at radius 2 is 1.91 bits per heavy atom. The summed E-state index contributed by atoms with van der Waals surface area (Å²) in [6.07, 6.45) is 0. The zero-order chi connectivity index (χ0) is 16.3. The van der Waals surface area contributed by atoms with Crippen molar-refractivity contribution in [1.82, 2.24) is 20.0 Å². The number of hydrogen-bond acceptors (Lipinski definition) is 3. The molecule has 0 bridgehead atoms. The van der Waals surface area contributed by atoms with Crippen molar-refractivity contribution in [3.8, 4) is 0 Å². The Morgan fingerprint density at radius 3 is 2.41 bits per heavy atom. The van der Waals surface area contributed by atoms with Gasteiger partial charge in [0.05, 0.1) is 17.9 Å². The third kappa shape index (κ3) is 3.74. The molecule has 0 saturated heterocycles. The second kappa shape index (κ2) is 6.75. The minimum absolute atomic E-state index is 0.00675. The van der Waals surface area contributed by atoms with Crippen LogP contribution in [0.4, 0.5) is 0 Å². The van der Waals surface area contributed by atoms with Gasteiger partial charge in [-0.3, -0.25) is 14.4 Å². The van der Waals surface area contributed by atoms with Crippen LogP contribution in [0, 0.1) is 13.8 Å². The van der Waals surface area contributed by atoms with E-state index in [4.69, 9.17) is 0 Å². The first kappa shape index (κ1) is 16.2. The topological polar surface area (TPSA) is 50.2 Å². The van der Waals surface area contributed by atoms with Crippen molar-refractivity contribution in [2.75, 3.05) is 14.1 Å². The number of benzene rings is 1. The molecule has 0 radical (unpaired) electrons. The van der Waals surface area contributed by atoms with Gasteiger partial charge in [0.2, 0.25) is 5.91 Å². The van der Waals surface area contributed by atoms with E-state index in [0.717, 1.165) is 17.0 Å². The number of nitrogens with zero attached hydrogens (tertiary/aromatic N) is 3. The van der Waals surface area contributed by atoms with Gasteiger partial charge < -0.3 is 5.32 Å². The van der Waals surface area contributed by atoms with E-state index in [1.54, 1.807) is 4.68 Å². The summed E-state index contributed by atoms with van der Waals surface area (Å²) in [5, 5.41) is 7.30. The number of aryl methyl sites for hydroxylation is 3. The predicted molar refractivity (Wildman–Crippen MR) is 87.4 cm³/mol. The van der Waals surface area contributed by atoms with Crippen LogP contribution in [0.2, 0.25) is 0 Å². The maximum atomic E-state index is 12.6. The fourth-order valence-corrected chi connectivity index (χ4v) is 2.54. The highest BCUT2D eigenvalue weighted by molar-refractivity contribution is 5.83. The molecule has 5 nitrogen and oxygen atoms in total. The van der Waals surface area contributed by atoms with Gasteiger partial charge >= 0.3 is 0 Å². The lowest BCUT2D eigenvalue weighted by Gasteiger charge is -2.24. The van der Waals surface area contributed by atoms with Crippen molar-refractivity contribution in [2.45, 2.75) is 26.4 Å². The number of likely N-dealkylation sites (N-methyl/N-ethyl adjacent to an activating group) is 1. The van der Waals surface area contributed by atoms with Gasteiger partial charge in [0, 0.05) is 7.05 Å². The van der Waals surface area contributed by atoms with Crippen LogP contribution in [-0.4, -0.2) is 34.7 Å². The average molecular weight is 300 g/mol. The van der Waals surface area contributed by atoms with Crippen LogP contribution in [0.5, 0.6) is 0 Å². The third-order valence-corrected chi connectivity index (χ3v) is 3.70. The van der Waals surface area contributed by atoms with E-state index in [2.05, 4.69) is 10.4 Å². The highest BCUT2D eigenvalue weighted by atomic mass is 16.2. The first-order chi connectivity index (χ1) is 10.4. The quantitative estimate of drug-likeness (QED) is 0.918. The van der Waals surface area contributed by atoms with Crippen molar-refractivity contribution in [1.29, 1.82) is 0 Å². The molecule has 0 aliphatic heterocycles. The summed E-state index contributed by atoms with van der Waals surface area (Å²) in [5.74, 6) is -0.00675. The molecular formula is C17H24N4O. The molecule has 1 amide bonds. The van der Waals surface area contributed by atoms with Crippen molar-refractivity contribution in [3.05, 3.63) is 52.8 Å². The standard InChI is InChI=1S/C17H24N4O/c1-12-6-8-14(9-7-12)16(20(3)4)17(22)18-11-15-10-13(2)19-21(15)5/h6-10,16H,11H2,1-5H3,(H,18,22)/t16-/m0/s1. The van der Waals surface area contributed by atoms with Crippen molar-refractivity contribution < 1.29 is 4.79 Å². The summed E-state index contributed by atoms with van der Waals surface area (Å²) >= 11 is 0. The summed E-state index contributed by atoms with van der Waals surface area (Å²) in [4.78, 5) is 14.5. The molecule has 1 aromatic heterocycles. The van der Waals surface area contributed by atoms with Crippen LogP contribution >= 0.6 is 0 Å². The minimum atomic E-state index is -0.296. The number of hydrogen-bond donors (Lipinski definition) is 1. The Balaban J connectivity index is 2.10. The van der Waals surface area contributed by atoms with Gasteiger partial charge in [-0.05, 0) is 39.6 Å². The van der Waals surface area contributed by atoms with Crippen molar-refractivity contribution >= 4 is 5.91 Å². The van der Waals surface area contributed by atoms with Gasteiger partial charge in [0.25, 0.3) is 0 Å². The van der Waals surface area contributed by atoms with E-state index in [0.29, 0.717) is 6.54 Å². The van der Waals surface area contributed by atoms with Gasteiger partial charge in [0.1, 0.15) is 6.04 Å². The number of carbonyl (C=O) groups is 1. The lowest BCUT2D eigenvalue weighted by atomic mass is 10.0. The molecule has 0 fully saturated rings. The number of nitrogens with one attached hydrogen (secondary N) is 1. The molecule has 5 heteroatoms. The molecule has 118 valence electrons. The largest absolute Gasteiger partial charge is 0.349 e. The predicted octanol–water partition coefficient (Wildman–Crippen LogP) is 1.96. The molecule has 1 aromatic carbocycles. The molecule has 1 heterocycles. The number of amides is 1. The summed E-state index contributed by atoms with van der Waals surface area (Å²) in [6.45, 7) is 4.46. The summed E-state index contributed by atoms with van der Waals surface area (Å²) in [7, 11) is 5.72.